The van der Waals surface area contributed by atoms with Gasteiger partial charge in [0.05, 0.1) is 0 Å². The molecule has 0 unspecified atom stereocenters. The Hall–Kier alpha value is -3.90. The Bertz CT molecular complexity index is 1650. The van der Waals surface area contributed by atoms with Crippen LogP contribution in [0.25, 0.3) is 43.4 Å². The monoisotopic (exact) mass is 436 g/mol. The van der Waals surface area contributed by atoms with Crippen LogP contribution in [0, 0.1) is 13.8 Å². The first-order chi connectivity index (χ1) is 16.6. The van der Waals surface area contributed by atoms with Gasteiger partial charge in [0, 0.05) is 0 Å². The van der Waals surface area contributed by atoms with Crippen LogP contribution >= 0.6 is 0 Å². The second-order valence-corrected chi connectivity index (χ2v) is 9.65. The van der Waals surface area contributed by atoms with Gasteiger partial charge in [-0.15, -0.1) is 0 Å². The van der Waals surface area contributed by atoms with Crippen LogP contribution in [0.2, 0.25) is 0 Å². The van der Waals surface area contributed by atoms with Gasteiger partial charge in [0.15, 0.2) is 0 Å². The predicted octanol–water partition coefficient (Wildman–Crippen LogP) is 9.22. The molecule has 0 aliphatic rings. The molecule has 0 heteroatoms. The molecule has 0 saturated heterocycles. The zero-order chi connectivity index (χ0) is 23.1. The van der Waals surface area contributed by atoms with Gasteiger partial charge >= 0.3 is 0 Å². The molecule has 0 nitrogen and oxygen atoms in total. The Morgan fingerprint density at radius 3 is 1.56 bits per heavy atom. The SMILES string of the molecule is Cc1ccc2cc(-c3ccc(CCc4ccc5cc6cc(C)ccc6cc5c4)cc3)ccc2c1. The molecule has 0 atom stereocenters. The molecule has 0 spiro atoms. The summed E-state index contributed by atoms with van der Waals surface area (Å²) in [7, 11) is 0. The van der Waals surface area contributed by atoms with Crippen LogP contribution in [-0.2, 0) is 12.8 Å². The van der Waals surface area contributed by atoms with Gasteiger partial charge < -0.3 is 0 Å². The van der Waals surface area contributed by atoms with E-state index in [0.29, 0.717) is 0 Å². The minimum Gasteiger partial charge on any atom is -0.0587 e. The lowest BCUT2D eigenvalue weighted by Crippen LogP contribution is -1.92. The molecule has 0 amide bonds. The molecule has 0 N–H and O–H groups in total. The maximum atomic E-state index is 2.36. The molecule has 0 bridgehead atoms. The lowest BCUT2D eigenvalue weighted by molar-refractivity contribution is 0.963. The smallest absolute Gasteiger partial charge is 0.0175 e. The van der Waals surface area contributed by atoms with E-state index in [1.54, 1.807) is 0 Å². The highest BCUT2D eigenvalue weighted by atomic mass is 14.1. The van der Waals surface area contributed by atoms with Crippen LogP contribution in [0.15, 0.2) is 109 Å². The van der Waals surface area contributed by atoms with Crippen molar-refractivity contribution in [1.29, 1.82) is 0 Å². The molecule has 6 rings (SSSR count). The topological polar surface area (TPSA) is 0 Å². The standard InChI is InChI=1S/C34H28/c1-23-3-10-30-20-29(16-15-28(30)17-23)27-12-7-25(8-13-27)5-6-26-9-14-32-21-33-18-24(2)4-11-31(33)22-34(32)19-26/h3-4,7-22H,5-6H2,1-2H3. The molecular weight excluding hydrogens is 408 g/mol. The quantitative estimate of drug-likeness (QED) is 0.242. The fourth-order valence-corrected chi connectivity index (χ4v) is 5.02. The molecule has 0 aliphatic heterocycles. The van der Waals surface area contributed by atoms with Crippen LogP contribution in [0.3, 0.4) is 0 Å². The number of rotatable bonds is 4. The van der Waals surface area contributed by atoms with Crippen molar-refractivity contribution < 1.29 is 0 Å². The Morgan fingerprint density at radius 1 is 0.353 bits per heavy atom. The van der Waals surface area contributed by atoms with Crippen LogP contribution in [-0.4, -0.2) is 0 Å². The molecule has 6 aromatic carbocycles. The fourth-order valence-electron chi connectivity index (χ4n) is 5.02. The summed E-state index contributed by atoms with van der Waals surface area (Å²) in [6, 6.07) is 40.8. The Morgan fingerprint density at radius 2 is 0.824 bits per heavy atom. The van der Waals surface area contributed by atoms with Crippen molar-refractivity contribution in [3.63, 3.8) is 0 Å². The van der Waals surface area contributed by atoms with Crippen molar-refractivity contribution in [3.8, 4) is 11.1 Å². The summed E-state index contributed by atoms with van der Waals surface area (Å²) in [6.07, 6.45) is 2.10. The summed E-state index contributed by atoms with van der Waals surface area (Å²) >= 11 is 0. The maximum absolute atomic E-state index is 2.36. The normalized spacial score (nSPS) is 11.5. The van der Waals surface area contributed by atoms with E-state index in [0.717, 1.165) is 12.8 Å². The van der Waals surface area contributed by atoms with Crippen molar-refractivity contribution in [2.75, 3.05) is 0 Å². The van der Waals surface area contributed by atoms with Gasteiger partial charge in [0.1, 0.15) is 0 Å². The molecule has 0 saturated carbocycles. The van der Waals surface area contributed by atoms with E-state index >= 15 is 0 Å². The summed E-state index contributed by atoms with van der Waals surface area (Å²) in [5.74, 6) is 0. The first kappa shape index (κ1) is 20.7. The minimum absolute atomic E-state index is 1.05. The summed E-state index contributed by atoms with van der Waals surface area (Å²) < 4.78 is 0. The third kappa shape index (κ3) is 4.08. The third-order valence-corrected chi connectivity index (χ3v) is 7.00. The molecule has 0 aromatic heterocycles. The second kappa shape index (κ2) is 8.47. The van der Waals surface area contributed by atoms with Gasteiger partial charge in [-0.05, 0) is 99.5 Å². The molecule has 0 heterocycles. The van der Waals surface area contributed by atoms with Crippen molar-refractivity contribution >= 4 is 32.3 Å². The first-order valence-electron chi connectivity index (χ1n) is 12.1. The van der Waals surface area contributed by atoms with Crippen molar-refractivity contribution in [3.05, 3.63) is 131 Å². The summed E-state index contributed by atoms with van der Waals surface area (Å²) in [5, 5.41) is 7.88. The van der Waals surface area contributed by atoms with E-state index in [9.17, 15) is 0 Å². The minimum atomic E-state index is 1.05. The molecule has 0 fully saturated rings. The zero-order valence-corrected chi connectivity index (χ0v) is 19.8. The van der Waals surface area contributed by atoms with Crippen LogP contribution in [0.4, 0.5) is 0 Å². The molecule has 164 valence electrons. The van der Waals surface area contributed by atoms with Crippen molar-refractivity contribution in [2.45, 2.75) is 26.7 Å². The zero-order valence-electron chi connectivity index (χ0n) is 19.8. The average molecular weight is 437 g/mol. The molecule has 6 aromatic rings. The van der Waals surface area contributed by atoms with Gasteiger partial charge in [-0.25, -0.2) is 0 Å². The molecule has 0 radical (unpaired) electrons. The average Bonchev–Trinajstić information content (AvgIpc) is 2.86. The van der Waals surface area contributed by atoms with Gasteiger partial charge in [-0.3, -0.25) is 0 Å². The number of benzene rings is 6. The van der Waals surface area contributed by atoms with E-state index in [-0.39, 0.29) is 0 Å². The fraction of sp³-hybridized carbons (Fsp3) is 0.118. The number of hydrogen-bond acceptors (Lipinski definition) is 0. The lowest BCUT2D eigenvalue weighted by atomic mass is 9.96. The van der Waals surface area contributed by atoms with E-state index < -0.39 is 0 Å². The number of hydrogen-bond donors (Lipinski definition) is 0. The maximum Gasteiger partial charge on any atom is -0.0175 e. The lowest BCUT2D eigenvalue weighted by Gasteiger charge is -2.08. The largest absolute Gasteiger partial charge is 0.0587 e. The van der Waals surface area contributed by atoms with Gasteiger partial charge in [0.2, 0.25) is 0 Å². The Kier molecular flexibility index (Phi) is 5.15. The molecule has 0 aliphatic carbocycles. The number of aryl methyl sites for hydroxylation is 4. The first-order valence-corrected chi connectivity index (χ1v) is 12.1. The summed E-state index contributed by atoms with van der Waals surface area (Å²) in [5.41, 5.74) is 7.95. The highest BCUT2D eigenvalue weighted by Gasteiger charge is 2.04. The van der Waals surface area contributed by atoms with E-state index in [4.69, 9.17) is 0 Å². The highest BCUT2D eigenvalue weighted by molar-refractivity contribution is 5.98. The van der Waals surface area contributed by atoms with Crippen LogP contribution in [0.5, 0.6) is 0 Å². The Labute approximate surface area is 201 Å². The summed E-state index contributed by atoms with van der Waals surface area (Å²) in [4.78, 5) is 0. The van der Waals surface area contributed by atoms with E-state index in [1.165, 1.54) is 65.7 Å². The summed E-state index contributed by atoms with van der Waals surface area (Å²) in [6.45, 7) is 4.30. The van der Waals surface area contributed by atoms with E-state index in [2.05, 4.69) is 123 Å². The van der Waals surface area contributed by atoms with Crippen molar-refractivity contribution in [2.24, 2.45) is 0 Å². The highest BCUT2D eigenvalue weighted by Crippen LogP contribution is 2.27. The van der Waals surface area contributed by atoms with Gasteiger partial charge in [-0.1, -0.05) is 102 Å². The molecular formula is C34H28. The predicted molar refractivity (Wildman–Crippen MR) is 148 cm³/mol. The van der Waals surface area contributed by atoms with E-state index in [1.807, 2.05) is 0 Å². The van der Waals surface area contributed by atoms with Crippen LogP contribution < -0.4 is 0 Å². The van der Waals surface area contributed by atoms with Crippen molar-refractivity contribution in [1.82, 2.24) is 0 Å². The number of fused-ring (bicyclic) bond motifs is 3. The Balaban J connectivity index is 1.19. The second-order valence-electron chi connectivity index (χ2n) is 9.65. The third-order valence-electron chi connectivity index (χ3n) is 7.00. The van der Waals surface area contributed by atoms with Gasteiger partial charge in [0.25, 0.3) is 0 Å². The van der Waals surface area contributed by atoms with Gasteiger partial charge in [-0.2, -0.15) is 0 Å². The molecule has 34 heavy (non-hydrogen) atoms. The van der Waals surface area contributed by atoms with Crippen LogP contribution in [0.1, 0.15) is 22.3 Å².